The van der Waals surface area contributed by atoms with Gasteiger partial charge in [-0.1, -0.05) is 46.6 Å². The molecule has 4 fully saturated rings. The summed E-state index contributed by atoms with van der Waals surface area (Å²) in [7, 11) is 0. The van der Waals surface area contributed by atoms with E-state index in [4.69, 9.17) is 41.9 Å². The smallest absolute Gasteiger partial charge is 0.201 e. The van der Waals surface area contributed by atoms with Crippen LogP contribution >= 0.6 is 23.2 Å². The summed E-state index contributed by atoms with van der Waals surface area (Å²) in [6.45, 7) is 1.20. The van der Waals surface area contributed by atoms with Gasteiger partial charge < -0.3 is 13.7 Å². The average Bonchev–Trinajstić information content (AvgIpc) is 3.51. The van der Waals surface area contributed by atoms with Crippen molar-refractivity contribution in [1.29, 1.82) is 0 Å². The van der Waals surface area contributed by atoms with Crippen LogP contribution in [0.25, 0.3) is 22.4 Å². The zero-order valence-electron chi connectivity index (χ0n) is 20.1. The minimum Gasteiger partial charge on any atom is -0.440 e. The van der Waals surface area contributed by atoms with Crippen molar-refractivity contribution in [1.82, 2.24) is 10.1 Å². The third kappa shape index (κ3) is 3.79. The van der Waals surface area contributed by atoms with Gasteiger partial charge in [-0.25, -0.2) is 4.98 Å². The van der Waals surface area contributed by atoms with Gasteiger partial charge in [0.2, 0.25) is 5.89 Å². The fraction of sp³-hybridized carbons (Fsp3) is 0.448. The predicted octanol–water partition coefficient (Wildman–Crippen LogP) is 8.48. The highest BCUT2D eigenvalue weighted by atomic mass is 35.5. The SMILES string of the molecule is Clc1cccc(Cl)c1-c1noc(C2CC2)c1COCC12CCC(c3nc4ccccc4o3)(CC1)CC2. The summed E-state index contributed by atoms with van der Waals surface area (Å²) in [6, 6.07) is 13.6. The third-order valence-corrected chi connectivity index (χ3v) is 9.40. The van der Waals surface area contributed by atoms with E-state index >= 15 is 0 Å². The van der Waals surface area contributed by atoms with Gasteiger partial charge in [-0.15, -0.1) is 0 Å². The lowest BCUT2D eigenvalue weighted by atomic mass is 9.54. The fourth-order valence-electron chi connectivity index (χ4n) is 6.32. The number of nitrogens with zero attached hydrogens (tertiary/aromatic N) is 2. The maximum Gasteiger partial charge on any atom is 0.201 e. The molecule has 4 aliphatic carbocycles. The maximum absolute atomic E-state index is 6.52. The van der Waals surface area contributed by atoms with Crippen molar-refractivity contribution in [3.8, 4) is 11.3 Å². The lowest BCUT2D eigenvalue weighted by Gasteiger charge is -2.51. The first kappa shape index (κ1) is 22.8. The number of ether oxygens (including phenoxy) is 1. The quantitative estimate of drug-likeness (QED) is 0.243. The molecule has 4 saturated carbocycles. The van der Waals surface area contributed by atoms with Crippen LogP contribution < -0.4 is 0 Å². The Morgan fingerprint density at radius 3 is 2.33 bits per heavy atom. The highest BCUT2D eigenvalue weighted by Gasteiger charge is 2.52. The number of para-hydroxylation sites is 2. The Morgan fingerprint density at radius 1 is 0.917 bits per heavy atom. The molecular weight excluding hydrogens is 495 g/mol. The van der Waals surface area contributed by atoms with Gasteiger partial charge in [0.1, 0.15) is 17.0 Å². The van der Waals surface area contributed by atoms with Gasteiger partial charge in [-0.05, 0) is 81.0 Å². The van der Waals surface area contributed by atoms with E-state index in [9.17, 15) is 0 Å². The normalized spacial score (nSPS) is 25.6. The van der Waals surface area contributed by atoms with Crippen molar-refractivity contribution in [2.75, 3.05) is 6.61 Å². The second-order valence-corrected chi connectivity index (χ2v) is 11.8. The summed E-state index contributed by atoms with van der Waals surface area (Å²) in [5.41, 5.74) is 4.58. The monoisotopic (exact) mass is 522 g/mol. The molecule has 4 aromatic rings. The number of halogens is 2. The Morgan fingerprint density at radius 2 is 1.64 bits per heavy atom. The lowest BCUT2D eigenvalue weighted by molar-refractivity contribution is -0.0486. The van der Waals surface area contributed by atoms with E-state index in [-0.39, 0.29) is 10.8 Å². The Bertz CT molecular complexity index is 1360. The van der Waals surface area contributed by atoms with Gasteiger partial charge in [-0.3, -0.25) is 0 Å². The molecule has 2 aromatic heterocycles. The summed E-state index contributed by atoms with van der Waals surface area (Å²) in [4.78, 5) is 4.87. The van der Waals surface area contributed by atoms with Crippen molar-refractivity contribution < 1.29 is 13.7 Å². The Balaban J connectivity index is 1.07. The molecule has 0 radical (unpaired) electrons. The molecule has 2 aromatic carbocycles. The Hall–Kier alpha value is -2.34. The molecule has 0 spiro atoms. The molecule has 5 nitrogen and oxygen atoms in total. The summed E-state index contributed by atoms with van der Waals surface area (Å²) in [5.74, 6) is 2.28. The van der Waals surface area contributed by atoms with Crippen LogP contribution in [0.2, 0.25) is 10.0 Å². The summed E-state index contributed by atoms with van der Waals surface area (Å²) in [5, 5.41) is 5.55. The molecule has 2 heterocycles. The molecule has 0 amide bonds. The van der Waals surface area contributed by atoms with Crippen LogP contribution in [0.5, 0.6) is 0 Å². The van der Waals surface area contributed by atoms with E-state index in [0.717, 1.165) is 91.9 Å². The number of oxazole rings is 1. The summed E-state index contributed by atoms with van der Waals surface area (Å²) >= 11 is 13.0. The van der Waals surface area contributed by atoms with Crippen molar-refractivity contribution in [3.63, 3.8) is 0 Å². The van der Waals surface area contributed by atoms with Crippen molar-refractivity contribution in [2.24, 2.45) is 5.41 Å². The van der Waals surface area contributed by atoms with Crippen molar-refractivity contribution in [2.45, 2.75) is 69.3 Å². The highest BCUT2D eigenvalue weighted by Crippen LogP contribution is 2.58. The van der Waals surface area contributed by atoms with Crippen LogP contribution in [0.4, 0.5) is 0 Å². The summed E-state index contributed by atoms with van der Waals surface area (Å²) in [6.07, 6.45) is 8.95. The van der Waals surface area contributed by atoms with Gasteiger partial charge in [0, 0.05) is 22.5 Å². The predicted molar refractivity (Wildman–Crippen MR) is 139 cm³/mol. The maximum atomic E-state index is 6.52. The van der Waals surface area contributed by atoms with Gasteiger partial charge in [-0.2, -0.15) is 0 Å². The third-order valence-electron chi connectivity index (χ3n) is 8.77. The molecule has 4 aliphatic rings. The van der Waals surface area contributed by atoms with Crippen LogP contribution in [0.15, 0.2) is 51.4 Å². The first-order valence-corrected chi connectivity index (χ1v) is 13.7. The number of hydrogen-bond acceptors (Lipinski definition) is 5. The van der Waals surface area contributed by atoms with Crippen LogP contribution in [0, 0.1) is 5.41 Å². The van der Waals surface area contributed by atoms with E-state index in [0.29, 0.717) is 28.3 Å². The second kappa shape index (κ2) is 8.61. The van der Waals surface area contributed by atoms with E-state index in [2.05, 4.69) is 5.16 Å². The summed E-state index contributed by atoms with van der Waals surface area (Å²) < 4.78 is 18.5. The van der Waals surface area contributed by atoms with Crippen LogP contribution in [0.1, 0.15) is 74.5 Å². The first-order valence-electron chi connectivity index (χ1n) is 12.9. The number of hydrogen-bond donors (Lipinski definition) is 0. The molecule has 0 unspecified atom stereocenters. The Kier molecular flexibility index (Phi) is 5.46. The molecular formula is C29H28Cl2N2O3. The topological polar surface area (TPSA) is 61.3 Å². The Labute approximate surface area is 220 Å². The van der Waals surface area contributed by atoms with Gasteiger partial charge in [0.25, 0.3) is 0 Å². The number of fused-ring (bicyclic) bond motifs is 4. The largest absolute Gasteiger partial charge is 0.440 e. The zero-order chi connectivity index (χ0) is 24.3. The molecule has 186 valence electrons. The van der Waals surface area contributed by atoms with Gasteiger partial charge in [0.15, 0.2) is 5.58 Å². The molecule has 36 heavy (non-hydrogen) atoms. The first-order chi connectivity index (χ1) is 17.6. The van der Waals surface area contributed by atoms with Gasteiger partial charge >= 0.3 is 0 Å². The van der Waals surface area contributed by atoms with E-state index in [1.165, 1.54) is 0 Å². The standard InChI is InChI=1S/C29H28Cl2N2O3/c30-20-4-3-5-21(31)24(20)25-19(26(36-33-25)18-8-9-18)16-34-17-28-10-13-29(14-11-28,15-12-28)27-32-22-6-1-2-7-23(22)35-27/h1-7,18H,8-17H2. The molecule has 0 atom stereocenters. The molecule has 8 rings (SSSR count). The minimum absolute atomic E-state index is 0.0718. The minimum atomic E-state index is 0.0718. The fourth-order valence-corrected chi connectivity index (χ4v) is 6.89. The van der Waals surface area contributed by atoms with E-state index in [1.54, 1.807) is 0 Å². The van der Waals surface area contributed by atoms with Crippen LogP contribution in [0.3, 0.4) is 0 Å². The molecule has 2 bridgehead atoms. The zero-order valence-corrected chi connectivity index (χ0v) is 21.6. The van der Waals surface area contributed by atoms with Crippen molar-refractivity contribution in [3.05, 3.63) is 69.7 Å². The van der Waals surface area contributed by atoms with Gasteiger partial charge in [0.05, 0.1) is 23.3 Å². The molecule has 0 N–H and O–H groups in total. The molecule has 0 saturated heterocycles. The number of benzene rings is 2. The number of aromatic nitrogens is 2. The lowest BCUT2D eigenvalue weighted by Crippen LogP contribution is -2.46. The van der Waals surface area contributed by atoms with Crippen molar-refractivity contribution >= 4 is 34.3 Å². The van der Waals surface area contributed by atoms with E-state index in [1.807, 2.05) is 42.5 Å². The number of rotatable bonds is 7. The molecule has 7 heteroatoms. The highest BCUT2D eigenvalue weighted by molar-refractivity contribution is 6.39. The molecule has 0 aliphatic heterocycles. The van der Waals surface area contributed by atoms with E-state index < -0.39 is 0 Å². The second-order valence-electron chi connectivity index (χ2n) is 11.0. The average molecular weight is 523 g/mol. The van der Waals surface area contributed by atoms with Crippen LogP contribution in [-0.2, 0) is 16.8 Å². The van der Waals surface area contributed by atoms with Crippen LogP contribution in [-0.4, -0.2) is 16.7 Å².